The number of halogens is 11. The Hall–Kier alpha value is -2.08. The molecule has 2 heterocycles. The molecular weight excluding hydrogens is 549 g/mol. The van der Waals surface area contributed by atoms with E-state index in [0.717, 1.165) is 4.68 Å². The molecule has 0 bridgehead atoms. The first-order valence-electron chi connectivity index (χ1n) is 8.30. The number of hydrogen-bond donors (Lipinski definition) is 0. The van der Waals surface area contributed by atoms with Crippen molar-refractivity contribution in [2.24, 2.45) is 0 Å². The smallest absolute Gasteiger partial charge is 0.275 e. The molecule has 0 saturated carbocycles. The van der Waals surface area contributed by atoms with Crippen LogP contribution < -0.4 is 0 Å². The fraction of sp³-hybridized carbons (Fsp3) is 0.167. The normalized spacial score (nSPS) is 12.8. The molecule has 1 aromatic carbocycles. The number of alkyl halides is 7. The lowest BCUT2D eigenvalue weighted by Gasteiger charge is -2.30. The minimum absolute atomic E-state index is 0.123. The maximum absolute atomic E-state index is 14.3. The van der Waals surface area contributed by atoms with Gasteiger partial charge in [0.05, 0.1) is 21.8 Å². The van der Waals surface area contributed by atoms with E-state index in [4.69, 9.17) is 46.4 Å². The van der Waals surface area contributed by atoms with E-state index in [1.165, 1.54) is 24.7 Å². The van der Waals surface area contributed by atoms with Crippen molar-refractivity contribution in [2.75, 3.05) is 0 Å². The van der Waals surface area contributed by atoms with Gasteiger partial charge in [-0.3, -0.25) is 4.79 Å². The van der Waals surface area contributed by atoms with E-state index in [0.29, 0.717) is 0 Å². The zero-order chi connectivity index (χ0) is 24.9. The maximum Gasteiger partial charge on any atom is 0.435 e. The summed E-state index contributed by atoms with van der Waals surface area (Å²) in [6.45, 7) is 0. The lowest BCUT2D eigenvalue weighted by Crippen LogP contribution is -2.50. The van der Waals surface area contributed by atoms with Crippen LogP contribution in [0.1, 0.15) is 15.9 Å². The summed E-state index contributed by atoms with van der Waals surface area (Å²) in [6, 6.07) is 1.61. The fourth-order valence-electron chi connectivity index (χ4n) is 2.81. The Bertz CT molecular complexity index is 1200. The van der Waals surface area contributed by atoms with E-state index in [1.807, 2.05) is 0 Å². The summed E-state index contributed by atoms with van der Waals surface area (Å²) in [6.07, 6.45) is -8.98. The van der Waals surface area contributed by atoms with Crippen LogP contribution in [-0.4, -0.2) is 32.4 Å². The molecule has 0 fully saturated rings. The van der Waals surface area contributed by atoms with Crippen molar-refractivity contribution < 1.29 is 35.5 Å². The Morgan fingerprint density at radius 1 is 0.848 bits per heavy atom. The van der Waals surface area contributed by atoms with Crippen molar-refractivity contribution in [2.45, 2.75) is 18.0 Å². The number of pyridine rings is 1. The van der Waals surface area contributed by atoms with Gasteiger partial charge in [0, 0.05) is 29.1 Å². The van der Waals surface area contributed by atoms with Gasteiger partial charge in [-0.25, -0.2) is 14.1 Å². The Labute approximate surface area is 199 Å². The molecule has 0 radical (unpaired) electrons. The van der Waals surface area contributed by atoms with E-state index in [1.54, 1.807) is 0 Å². The third kappa shape index (κ3) is 4.51. The van der Waals surface area contributed by atoms with Crippen LogP contribution in [-0.2, 0) is 5.67 Å². The number of benzene rings is 1. The third-order valence-electron chi connectivity index (χ3n) is 4.39. The van der Waals surface area contributed by atoms with Gasteiger partial charge in [-0.05, 0) is 29.8 Å². The van der Waals surface area contributed by atoms with Crippen LogP contribution in [0.4, 0.5) is 30.7 Å². The van der Waals surface area contributed by atoms with Gasteiger partial charge in [0.15, 0.2) is 0 Å². The van der Waals surface area contributed by atoms with Crippen LogP contribution in [0.15, 0.2) is 36.8 Å². The first-order valence-corrected chi connectivity index (χ1v) is 9.81. The van der Waals surface area contributed by atoms with Gasteiger partial charge >= 0.3 is 18.0 Å². The number of carbonyl (C=O) groups is 1. The highest BCUT2D eigenvalue weighted by Gasteiger charge is 2.73. The molecule has 0 N–H and O–H groups in total. The highest BCUT2D eigenvalue weighted by molar-refractivity contribution is 6.68. The summed E-state index contributed by atoms with van der Waals surface area (Å²) >= 11 is 22.9. The van der Waals surface area contributed by atoms with Gasteiger partial charge in [-0.2, -0.15) is 31.4 Å². The molecule has 176 valence electrons. The number of rotatable bonds is 4. The molecular formula is C18H6Cl4F7N3O. The topological polar surface area (TPSA) is 47.8 Å². The zero-order valence-corrected chi connectivity index (χ0v) is 18.4. The number of aromatic nitrogens is 3. The fourth-order valence-corrected chi connectivity index (χ4v) is 3.85. The average Bonchev–Trinajstić information content (AvgIpc) is 3.14. The summed E-state index contributed by atoms with van der Waals surface area (Å²) in [7, 11) is 0. The molecule has 0 aliphatic rings. The van der Waals surface area contributed by atoms with Crippen molar-refractivity contribution in [1.82, 2.24) is 14.8 Å². The van der Waals surface area contributed by atoms with Gasteiger partial charge in [0.1, 0.15) is 10.8 Å². The second kappa shape index (κ2) is 8.61. The van der Waals surface area contributed by atoms with Gasteiger partial charge in [0.2, 0.25) is 0 Å². The second-order valence-corrected chi connectivity index (χ2v) is 7.97. The Balaban J connectivity index is 2.10. The predicted molar refractivity (Wildman–Crippen MR) is 107 cm³/mol. The quantitative estimate of drug-likeness (QED) is 0.190. The molecule has 15 heteroatoms. The molecule has 33 heavy (non-hydrogen) atoms. The molecule has 3 aromatic rings. The van der Waals surface area contributed by atoms with Crippen LogP contribution in [0.3, 0.4) is 0 Å². The van der Waals surface area contributed by atoms with Crippen molar-refractivity contribution in [3.05, 3.63) is 63.1 Å². The van der Waals surface area contributed by atoms with Crippen molar-refractivity contribution >= 4 is 51.6 Å². The number of hydrogen-bond acceptors (Lipinski definition) is 3. The van der Waals surface area contributed by atoms with Crippen LogP contribution >= 0.6 is 46.4 Å². The van der Waals surface area contributed by atoms with E-state index in [-0.39, 0.29) is 39.7 Å². The van der Waals surface area contributed by atoms with Gasteiger partial charge in [-0.1, -0.05) is 34.8 Å². The summed E-state index contributed by atoms with van der Waals surface area (Å²) < 4.78 is 93.5. The van der Waals surface area contributed by atoms with Crippen LogP contribution in [0.2, 0.25) is 15.2 Å². The first kappa shape index (κ1) is 25.5. The number of carbonyl (C=O) groups excluding carboxylic acids is 1. The largest absolute Gasteiger partial charge is 0.435 e. The van der Waals surface area contributed by atoms with Gasteiger partial charge < -0.3 is 0 Å². The third-order valence-corrected chi connectivity index (χ3v) is 5.47. The highest BCUT2D eigenvalue weighted by atomic mass is 35.5. The summed E-state index contributed by atoms with van der Waals surface area (Å²) in [4.78, 5) is 15.2. The molecule has 2 aromatic heterocycles. The Kier molecular flexibility index (Phi) is 6.66. The molecule has 0 atom stereocenters. The summed E-state index contributed by atoms with van der Waals surface area (Å²) in [5.74, 6) is 0. The predicted octanol–water partition coefficient (Wildman–Crippen LogP) is 7.56. The van der Waals surface area contributed by atoms with Crippen molar-refractivity contribution in [1.29, 1.82) is 0 Å². The monoisotopic (exact) mass is 553 g/mol. The lowest BCUT2D eigenvalue weighted by atomic mass is 9.94. The molecule has 0 saturated heterocycles. The summed E-state index contributed by atoms with van der Waals surface area (Å²) in [5.41, 5.74) is -7.44. The van der Waals surface area contributed by atoms with Gasteiger partial charge in [0.25, 0.3) is 5.24 Å². The van der Waals surface area contributed by atoms with Crippen LogP contribution in [0.25, 0.3) is 16.8 Å². The first-order chi connectivity index (χ1) is 15.1. The van der Waals surface area contributed by atoms with Crippen molar-refractivity contribution in [3.63, 3.8) is 0 Å². The average molecular weight is 555 g/mol. The zero-order valence-electron chi connectivity index (χ0n) is 15.4. The summed E-state index contributed by atoms with van der Waals surface area (Å²) in [5, 5.41) is 1.35. The van der Waals surface area contributed by atoms with E-state index < -0.39 is 38.9 Å². The SMILES string of the molecule is O=C(Cl)c1cc(-c2cnn(-c3c(Cl)cc(C(F)(C(F)(F)F)C(F)(F)F)cc3Cl)c2)cnc1Cl. The maximum atomic E-state index is 14.3. The minimum Gasteiger partial charge on any atom is -0.275 e. The van der Waals surface area contributed by atoms with Crippen molar-refractivity contribution in [3.8, 4) is 16.8 Å². The van der Waals surface area contributed by atoms with E-state index in [9.17, 15) is 35.5 Å². The minimum atomic E-state index is -6.34. The van der Waals surface area contributed by atoms with Gasteiger partial charge in [-0.15, -0.1) is 0 Å². The van der Waals surface area contributed by atoms with E-state index >= 15 is 0 Å². The molecule has 3 rings (SSSR count). The molecule has 4 nitrogen and oxygen atoms in total. The standard InChI is InChI=1S/C18H6Cl4F7N3O/c19-11-2-9(16(23,17(24,25)26)18(27,28)29)3-12(20)13(11)32-6-8(5-31-32)7-1-10(15(22)33)14(21)30-4-7/h1-6H. The highest BCUT2D eigenvalue weighted by Crippen LogP contribution is 2.54. The second-order valence-electron chi connectivity index (χ2n) is 6.45. The molecule has 0 unspecified atom stereocenters. The lowest BCUT2D eigenvalue weighted by molar-refractivity contribution is -0.348. The Morgan fingerprint density at radius 3 is 1.88 bits per heavy atom. The number of nitrogens with zero attached hydrogens (tertiary/aromatic N) is 3. The molecule has 0 amide bonds. The molecule has 0 aliphatic carbocycles. The molecule has 0 aliphatic heterocycles. The Morgan fingerprint density at radius 2 is 1.39 bits per heavy atom. The van der Waals surface area contributed by atoms with Crippen LogP contribution in [0, 0.1) is 0 Å². The van der Waals surface area contributed by atoms with Crippen LogP contribution in [0.5, 0.6) is 0 Å². The molecule has 0 spiro atoms. The van der Waals surface area contributed by atoms with E-state index in [2.05, 4.69) is 10.1 Å².